The summed E-state index contributed by atoms with van der Waals surface area (Å²) in [6, 6.07) is 2.10. The van der Waals surface area contributed by atoms with Crippen molar-refractivity contribution in [3.8, 4) is 0 Å². The minimum Gasteiger partial charge on any atom is -0.264 e. The van der Waals surface area contributed by atoms with Gasteiger partial charge in [-0.05, 0) is 43.4 Å². The number of aryl methyl sites for hydroxylation is 1. The van der Waals surface area contributed by atoms with Gasteiger partial charge in [-0.1, -0.05) is 12.2 Å². The summed E-state index contributed by atoms with van der Waals surface area (Å²) in [7, 11) is 0. The first-order chi connectivity index (χ1) is 6.38. The van der Waals surface area contributed by atoms with Crippen LogP contribution < -0.4 is 0 Å². The van der Waals surface area contributed by atoms with Gasteiger partial charge in [0.05, 0.1) is 0 Å². The molecule has 0 spiro atoms. The van der Waals surface area contributed by atoms with Gasteiger partial charge in [-0.25, -0.2) is 0 Å². The highest BCUT2D eigenvalue weighted by Gasteiger charge is 2.12. The lowest BCUT2D eigenvalue weighted by Crippen LogP contribution is -2.01. The van der Waals surface area contributed by atoms with Crippen LogP contribution in [0.25, 0.3) is 0 Å². The van der Waals surface area contributed by atoms with Crippen LogP contribution in [-0.4, -0.2) is 4.98 Å². The number of allylic oxidation sites excluding steroid dienone is 2. The molecule has 0 amide bonds. The number of pyridine rings is 1. The molecule has 0 saturated heterocycles. The van der Waals surface area contributed by atoms with Gasteiger partial charge in [0, 0.05) is 18.3 Å². The summed E-state index contributed by atoms with van der Waals surface area (Å²) in [6.45, 7) is 2.17. The van der Waals surface area contributed by atoms with E-state index in [1.54, 1.807) is 0 Å². The third kappa shape index (κ3) is 1.80. The average molecular weight is 173 g/mol. The maximum atomic E-state index is 4.19. The zero-order chi connectivity index (χ0) is 9.10. The van der Waals surface area contributed by atoms with Crippen LogP contribution in [0.15, 0.2) is 30.6 Å². The quantitative estimate of drug-likeness (QED) is 0.594. The van der Waals surface area contributed by atoms with Crippen molar-refractivity contribution in [3.63, 3.8) is 0 Å². The summed E-state index contributed by atoms with van der Waals surface area (Å²) in [5.41, 5.74) is 2.77. The van der Waals surface area contributed by atoms with Crippen molar-refractivity contribution in [2.45, 2.75) is 32.1 Å². The SMILES string of the molecule is Cc1ccncc1[C@@H]1C=CCCC1. The van der Waals surface area contributed by atoms with Gasteiger partial charge in [0.15, 0.2) is 0 Å². The van der Waals surface area contributed by atoms with Crippen molar-refractivity contribution in [1.82, 2.24) is 4.98 Å². The molecule has 13 heavy (non-hydrogen) atoms. The summed E-state index contributed by atoms with van der Waals surface area (Å²) in [6.07, 6.45) is 12.3. The van der Waals surface area contributed by atoms with Crippen molar-refractivity contribution >= 4 is 0 Å². The second-order valence-corrected chi connectivity index (χ2v) is 3.70. The topological polar surface area (TPSA) is 12.9 Å². The van der Waals surface area contributed by atoms with Gasteiger partial charge in [-0.15, -0.1) is 0 Å². The molecule has 1 aromatic heterocycles. The molecule has 0 aliphatic heterocycles. The molecular weight excluding hydrogens is 158 g/mol. The molecule has 2 rings (SSSR count). The molecule has 1 heteroatoms. The number of hydrogen-bond acceptors (Lipinski definition) is 1. The Morgan fingerprint density at radius 1 is 1.46 bits per heavy atom. The van der Waals surface area contributed by atoms with E-state index in [1.807, 2.05) is 12.4 Å². The monoisotopic (exact) mass is 173 g/mol. The van der Waals surface area contributed by atoms with E-state index < -0.39 is 0 Å². The fourth-order valence-electron chi connectivity index (χ4n) is 1.94. The van der Waals surface area contributed by atoms with E-state index in [4.69, 9.17) is 0 Å². The van der Waals surface area contributed by atoms with E-state index in [0.29, 0.717) is 5.92 Å². The molecule has 0 radical (unpaired) electrons. The Bertz CT molecular complexity index is 315. The lowest BCUT2D eigenvalue weighted by molar-refractivity contribution is 0.650. The number of nitrogens with zero attached hydrogens (tertiary/aromatic N) is 1. The Kier molecular flexibility index (Phi) is 2.44. The second kappa shape index (κ2) is 3.73. The average Bonchev–Trinajstić information content (AvgIpc) is 2.20. The van der Waals surface area contributed by atoms with Crippen LogP contribution in [-0.2, 0) is 0 Å². The van der Waals surface area contributed by atoms with Gasteiger partial charge in [-0.3, -0.25) is 4.98 Å². The minimum atomic E-state index is 0.613. The first-order valence-electron chi connectivity index (χ1n) is 4.95. The fourth-order valence-corrected chi connectivity index (χ4v) is 1.94. The van der Waals surface area contributed by atoms with E-state index >= 15 is 0 Å². The highest BCUT2D eigenvalue weighted by molar-refractivity contribution is 5.29. The van der Waals surface area contributed by atoms with Crippen LogP contribution in [0.4, 0.5) is 0 Å². The highest BCUT2D eigenvalue weighted by atomic mass is 14.6. The number of hydrogen-bond donors (Lipinski definition) is 0. The Morgan fingerprint density at radius 3 is 3.08 bits per heavy atom. The van der Waals surface area contributed by atoms with Gasteiger partial charge in [0.2, 0.25) is 0 Å². The van der Waals surface area contributed by atoms with E-state index in [9.17, 15) is 0 Å². The van der Waals surface area contributed by atoms with E-state index in [1.165, 1.54) is 30.4 Å². The summed E-state index contributed by atoms with van der Waals surface area (Å²) >= 11 is 0. The maximum Gasteiger partial charge on any atom is 0.0308 e. The smallest absolute Gasteiger partial charge is 0.0308 e. The largest absolute Gasteiger partial charge is 0.264 e. The molecule has 0 N–H and O–H groups in total. The van der Waals surface area contributed by atoms with Crippen molar-refractivity contribution in [3.05, 3.63) is 41.7 Å². The maximum absolute atomic E-state index is 4.19. The normalized spacial score (nSPS) is 21.8. The third-order valence-corrected chi connectivity index (χ3v) is 2.73. The fraction of sp³-hybridized carbons (Fsp3) is 0.417. The van der Waals surface area contributed by atoms with Crippen LogP contribution in [0.3, 0.4) is 0 Å². The molecular formula is C12H15N. The van der Waals surface area contributed by atoms with Crippen LogP contribution in [0.5, 0.6) is 0 Å². The molecule has 0 saturated carbocycles. The van der Waals surface area contributed by atoms with Crippen LogP contribution >= 0.6 is 0 Å². The van der Waals surface area contributed by atoms with Crippen molar-refractivity contribution in [2.75, 3.05) is 0 Å². The van der Waals surface area contributed by atoms with Gasteiger partial charge in [-0.2, -0.15) is 0 Å². The Hall–Kier alpha value is -1.11. The van der Waals surface area contributed by atoms with Crippen LogP contribution in [0, 0.1) is 6.92 Å². The summed E-state index contributed by atoms with van der Waals surface area (Å²) in [5.74, 6) is 0.613. The zero-order valence-electron chi connectivity index (χ0n) is 8.03. The van der Waals surface area contributed by atoms with Crippen molar-refractivity contribution in [2.24, 2.45) is 0 Å². The highest BCUT2D eigenvalue weighted by Crippen LogP contribution is 2.28. The number of rotatable bonds is 1. The van der Waals surface area contributed by atoms with E-state index in [-0.39, 0.29) is 0 Å². The van der Waals surface area contributed by atoms with Gasteiger partial charge in [0.1, 0.15) is 0 Å². The third-order valence-electron chi connectivity index (χ3n) is 2.73. The summed E-state index contributed by atoms with van der Waals surface area (Å²) in [5, 5.41) is 0. The first kappa shape index (κ1) is 8.49. The Morgan fingerprint density at radius 2 is 2.38 bits per heavy atom. The van der Waals surface area contributed by atoms with Crippen LogP contribution in [0.1, 0.15) is 36.3 Å². The molecule has 1 aliphatic rings. The lowest BCUT2D eigenvalue weighted by atomic mass is 9.88. The molecule has 1 atom stereocenters. The van der Waals surface area contributed by atoms with Gasteiger partial charge < -0.3 is 0 Å². The molecule has 1 aromatic rings. The van der Waals surface area contributed by atoms with Crippen LogP contribution in [0.2, 0.25) is 0 Å². The molecule has 1 nitrogen and oxygen atoms in total. The lowest BCUT2D eigenvalue weighted by Gasteiger charge is -2.17. The van der Waals surface area contributed by atoms with Crippen molar-refractivity contribution < 1.29 is 0 Å². The predicted molar refractivity (Wildman–Crippen MR) is 54.7 cm³/mol. The molecule has 1 aliphatic carbocycles. The molecule has 1 heterocycles. The van der Waals surface area contributed by atoms with Crippen molar-refractivity contribution in [1.29, 1.82) is 0 Å². The molecule has 0 aromatic carbocycles. The molecule has 0 bridgehead atoms. The molecule has 0 unspecified atom stereocenters. The molecule has 68 valence electrons. The Balaban J connectivity index is 2.29. The van der Waals surface area contributed by atoms with E-state index in [2.05, 4.69) is 30.1 Å². The zero-order valence-corrected chi connectivity index (χ0v) is 8.03. The molecule has 0 fully saturated rings. The van der Waals surface area contributed by atoms with Gasteiger partial charge >= 0.3 is 0 Å². The Labute approximate surface area is 79.5 Å². The first-order valence-corrected chi connectivity index (χ1v) is 4.95. The number of aromatic nitrogens is 1. The summed E-state index contributed by atoms with van der Waals surface area (Å²) in [4.78, 5) is 4.19. The minimum absolute atomic E-state index is 0.613. The second-order valence-electron chi connectivity index (χ2n) is 3.70. The van der Waals surface area contributed by atoms with Gasteiger partial charge in [0.25, 0.3) is 0 Å². The standard InChI is InChI=1S/C12H15N/c1-10-7-8-13-9-12(10)11-5-3-2-4-6-11/h3,5,7-9,11H,2,4,6H2,1H3/t11-/m1/s1. The van der Waals surface area contributed by atoms with E-state index in [0.717, 1.165) is 0 Å². The predicted octanol–water partition coefficient (Wildman–Crippen LogP) is 3.21. The summed E-state index contributed by atoms with van der Waals surface area (Å²) < 4.78 is 0.